The van der Waals surface area contributed by atoms with E-state index >= 15 is 0 Å². The number of carbonyl (C=O) groups is 4. The van der Waals surface area contributed by atoms with E-state index in [4.69, 9.17) is 27.9 Å². The summed E-state index contributed by atoms with van der Waals surface area (Å²) in [7, 11) is 0. The largest absolute Gasteiger partial charge is 0.462 e. The van der Waals surface area contributed by atoms with E-state index in [1.54, 1.807) is 32.9 Å². The van der Waals surface area contributed by atoms with E-state index in [0.29, 0.717) is 21.8 Å². The van der Waals surface area contributed by atoms with Crippen LogP contribution in [-0.2, 0) is 15.1 Å². The number of H-pyrrole nitrogens is 1. The maximum atomic E-state index is 13.1. The molecule has 1 aromatic carbocycles. The van der Waals surface area contributed by atoms with Crippen molar-refractivity contribution in [2.45, 2.75) is 33.2 Å². The van der Waals surface area contributed by atoms with Crippen LogP contribution in [0.25, 0.3) is 0 Å². The number of benzene rings is 1. The number of hydrogen-bond donors (Lipinski definition) is 2. The van der Waals surface area contributed by atoms with Crippen molar-refractivity contribution in [3.63, 3.8) is 0 Å². The van der Waals surface area contributed by atoms with Gasteiger partial charge >= 0.3 is 12.0 Å². The average molecular weight is 466 g/mol. The fourth-order valence-electron chi connectivity index (χ4n) is 3.68. The van der Waals surface area contributed by atoms with E-state index in [9.17, 15) is 19.2 Å². The summed E-state index contributed by atoms with van der Waals surface area (Å²) in [5, 5.41) is 3.20. The molecule has 164 valence electrons. The number of esters is 1. The zero-order chi connectivity index (χ0) is 23.1. The lowest BCUT2D eigenvalue weighted by molar-refractivity contribution is -0.130. The lowest BCUT2D eigenvalue weighted by Crippen LogP contribution is -2.41. The zero-order valence-corrected chi connectivity index (χ0v) is 18.9. The second-order valence-corrected chi connectivity index (χ2v) is 8.18. The van der Waals surface area contributed by atoms with Crippen LogP contribution in [0.3, 0.4) is 0 Å². The first kappa shape index (κ1) is 22.8. The van der Waals surface area contributed by atoms with Crippen molar-refractivity contribution in [3.05, 3.63) is 56.3 Å². The third kappa shape index (κ3) is 3.93. The molecule has 1 atom stereocenters. The molecule has 2 heterocycles. The highest BCUT2D eigenvalue weighted by atomic mass is 35.5. The van der Waals surface area contributed by atoms with Crippen LogP contribution in [-0.4, -0.2) is 46.7 Å². The Balaban J connectivity index is 1.88. The summed E-state index contributed by atoms with van der Waals surface area (Å²) in [6, 6.07) is 3.86. The summed E-state index contributed by atoms with van der Waals surface area (Å²) in [6.07, 6.45) is 0. The van der Waals surface area contributed by atoms with Crippen LogP contribution in [0.4, 0.5) is 4.79 Å². The van der Waals surface area contributed by atoms with Gasteiger partial charge in [0.25, 0.3) is 5.91 Å². The molecule has 2 aromatic rings. The van der Waals surface area contributed by atoms with Gasteiger partial charge in [0.1, 0.15) is 5.54 Å². The Kier molecular flexibility index (Phi) is 6.16. The molecule has 1 saturated heterocycles. The molecule has 0 saturated carbocycles. The monoisotopic (exact) mass is 465 g/mol. The highest BCUT2D eigenvalue weighted by Crippen LogP contribution is 2.35. The molecule has 3 rings (SSSR count). The van der Waals surface area contributed by atoms with Crippen molar-refractivity contribution in [1.82, 2.24) is 15.2 Å². The van der Waals surface area contributed by atoms with Gasteiger partial charge in [0.15, 0.2) is 5.78 Å². The minimum Gasteiger partial charge on any atom is -0.462 e. The van der Waals surface area contributed by atoms with Crippen molar-refractivity contribution in [1.29, 1.82) is 0 Å². The summed E-state index contributed by atoms with van der Waals surface area (Å²) in [4.78, 5) is 54.4. The second-order valence-electron chi connectivity index (χ2n) is 7.34. The minimum absolute atomic E-state index is 0.138. The second kappa shape index (κ2) is 8.36. The van der Waals surface area contributed by atoms with E-state index < -0.39 is 35.8 Å². The molecular formula is C21H21Cl2N3O5. The fraction of sp³-hybridized carbons (Fsp3) is 0.333. The number of amides is 3. The first-order valence-corrected chi connectivity index (χ1v) is 10.3. The highest BCUT2D eigenvalue weighted by molar-refractivity contribution is 6.35. The van der Waals surface area contributed by atoms with Crippen molar-refractivity contribution < 1.29 is 23.9 Å². The number of rotatable bonds is 6. The van der Waals surface area contributed by atoms with Crippen molar-refractivity contribution >= 4 is 46.9 Å². The number of aromatic amines is 1. The Morgan fingerprint density at radius 2 is 1.87 bits per heavy atom. The maximum Gasteiger partial charge on any atom is 0.340 e. The number of halogens is 2. The standard InChI is InChI=1S/C21H21Cl2N3O5/c1-5-31-18(28)16-10(2)17(24-11(16)3)15(27)9-26-19(29)21(4,25-20(26)30)13-7-6-12(22)8-14(13)23/h6-8,24H,5,9H2,1-4H3,(H,25,30)/t21-/m0/s1. The van der Waals surface area contributed by atoms with E-state index in [0.717, 1.165) is 4.90 Å². The number of nitrogens with zero attached hydrogens (tertiary/aromatic N) is 1. The topological polar surface area (TPSA) is 109 Å². The van der Waals surface area contributed by atoms with Crippen LogP contribution in [0.5, 0.6) is 0 Å². The zero-order valence-electron chi connectivity index (χ0n) is 17.4. The van der Waals surface area contributed by atoms with E-state index in [2.05, 4.69) is 10.3 Å². The first-order chi connectivity index (χ1) is 14.5. The fourth-order valence-corrected chi connectivity index (χ4v) is 4.28. The van der Waals surface area contributed by atoms with Crippen LogP contribution in [0, 0.1) is 13.8 Å². The Bertz CT molecular complexity index is 1110. The molecule has 0 aliphatic carbocycles. The third-order valence-corrected chi connectivity index (χ3v) is 5.79. The Hall–Kier alpha value is -2.84. The molecule has 1 aromatic heterocycles. The molecule has 2 N–H and O–H groups in total. The predicted octanol–water partition coefficient (Wildman–Crippen LogP) is 3.76. The third-order valence-electron chi connectivity index (χ3n) is 5.24. The molecule has 0 radical (unpaired) electrons. The Labute approximate surface area is 188 Å². The lowest BCUT2D eigenvalue weighted by atomic mass is 9.92. The minimum atomic E-state index is -1.45. The van der Waals surface area contributed by atoms with Crippen LogP contribution in [0.15, 0.2) is 18.2 Å². The van der Waals surface area contributed by atoms with Crippen molar-refractivity contribution in [2.24, 2.45) is 0 Å². The van der Waals surface area contributed by atoms with E-state index in [1.165, 1.54) is 13.0 Å². The number of hydrogen-bond acceptors (Lipinski definition) is 5. The molecule has 10 heteroatoms. The number of aromatic nitrogens is 1. The molecule has 31 heavy (non-hydrogen) atoms. The number of nitrogens with one attached hydrogen (secondary N) is 2. The lowest BCUT2D eigenvalue weighted by Gasteiger charge is -2.23. The average Bonchev–Trinajstić information content (AvgIpc) is 3.09. The molecule has 0 spiro atoms. The van der Waals surface area contributed by atoms with Gasteiger partial charge in [-0.3, -0.25) is 14.5 Å². The van der Waals surface area contributed by atoms with Gasteiger partial charge in [-0.25, -0.2) is 9.59 Å². The molecular weight excluding hydrogens is 445 g/mol. The van der Waals surface area contributed by atoms with Crippen molar-refractivity contribution in [2.75, 3.05) is 13.2 Å². The summed E-state index contributed by atoms with van der Waals surface area (Å²) < 4.78 is 5.03. The molecule has 0 unspecified atom stereocenters. The van der Waals surface area contributed by atoms with Gasteiger partial charge < -0.3 is 15.0 Å². The van der Waals surface area contributed by atoms with Gasteiger partial charge in [0.2, 0.25) is 0 Å². The van der Waals surface area contributed by atoms with E-state index in [-0.39, 0.29) is 22.9 Å². The first-order valence-electron chi connectivity index (χ1n) is 9.50. The quantitative estimate of drug-likeness (QED) is 0.383. The van der Waals surface area contributed by atoms with Gasteiger partial charge in [0, 0.05) is 21.3 Å². The summed E-state index contributed by atoms with van der Waals surface area (Å²) in [6.45, 7) is 6.13. The SMILES string of the molecule is CCOC(=O)c1c(C)[nH]c(C(=O)CN2C(=O)N[C@@](C)(c3ccc(Cl)cc3Cl)C2=O)c1C. The highest BCUT2D eigenvalue weighted by Gasteiger charge is 2.50. The number of aryl methyl sites for hydroxylation is 1. The number of ketones is 1. The smallest absolute Gasteiger partial charge is 0.340 e. The molecule has 1 fully saturated rings. The summed E-state index contributed by atoms with van der Waals surface area (Å²) >= 11 is 12.2. The number of imide groups is 1. The summed E-state index contributed by atoms with van der Waals surface area (Å²) in [5.74, 6) is -1.69. The number of Topliss-reactive ketones (excluding diaryl/α,β-unsaturated/α-hetero) is 1. The Morgan fingerprint density at radius 3 is 2.48 bits per heavy atom. The van der Waals surface area contributed by atoms with Gasteiger partial charge in [-0.05, 0) is 45.4 Å². The van der Waals surface area contributed by atoms with Crippen molar-refractivity contribution in [3.8, 4) is 0 Å². The maximum absolute atomic E-state index is 13.1. The van der Waals surface area contributed by atoms with Crippen LogP contribution < -0.4 is 5.32 Å². The van der Waals surface area contributed by atoms with Gasteiger partial charge in [-0.15, -0.1) is 0 Å². The Morgan fingerprint density at radius 1 is 1.19 bits per heavy atom. The predicted molar refractivity (Wildman–Crippen MR) is 115 cm³/mol. The number of ether oxygens (including phenoxy) is 1. The van der Waals surface area contributed by atoms with E-state index in [1.807, 2.05) is 0 Å². The molecule has 8 nitrogen and oxygen atoms in total. The normalized spacial score (nSPS) is 18.3. The van der Waals surface area contributed by atoms with Crippen LogP contribution in [0.1, 0.15) is 51.5 Å². The van der Waals surface area contributed by atoms with Crippen LogP contribution in [0.2, 0.25) is 10.0 Å². The molecule has 1 aliphatic heterocycles. The summed E-state index contributed by atoms with van der Waals surface area (Å²) in [5.41, 5.74) is 0.184. The molecule has 1 aliphatic rings. The van der Waals surface area contributed by atoms with Gasteiger partial charge in [-0.2, -0.15) is 0 Å². The van der Waals surface area contributed by atoms with Gasteiger partial charge in [0.05, 0.1) is 24.4 Å². The number of urea groups is 1. The molecule has 3 amide bonds. The molecule has 0 bridgehead atoms. The van der Waals surface area contributed by atoms with Crippen LogP contribution >= 0.6 is 23.2 Å². The number of carbonyl (C=O) groups excluding carboxylic acids is 4. The van der Waals surface area contributed by atoms with Gasteiger partial charge in [-0.1, -0.05) is 29.3 Å².